The summed E-state index contributed by atoms with van der Waals surface area (Å²) < 4.78 is 0. The number of pyridine rings is 1. The van der Waals surface area contributed by atoms with E-state index in [0.29, 0.717) is 0 Å². The third-order valence-corrected chi connectivity index (χ3v) is 2.92. The summed E-state index contributed by atoms with van der Waals surface area (Å²) in [6, 6.07) is 4.10. The summed E-state index contributed by atoms with van der Waals surface area (Å²) >= 11 is 1.88. The average Bonchev–Trinajstić information content (AvgIpc) is 2.25. The zero-order chi connectivity index (χ0) is 10.1. The highest BCUT2D eigenvalue weighted by atomic mass is 32.2. The molecule has 0 atom stereocenters. The van der Waals surface area contributed by atoms with Crippen molar-refractivity contribution in [2.75, 3.05) is 18.8 Å². The van der Waals surface area contributed by atoms with Gasteiger partial charge < -0.3 is 5.32 Å². The van der Waals surface area contributed by atoms with E-state index in [-0.39, 0.29) is 0 Å². The summed E-state index contributed by atoms with van der Waals surface area (Å²) in [5.41, 5.74) is 0. The van der Waals surface area contributed by atoms with Crippen LogP contribution in [0.15, 0.2) is 29.4 Å². The predicted octanol–water partition coefficient (Wildman–Crippen LogP) is 2.56. The van der Waals surface area contributed by atoms with E-state index in [0.717, 1.165) is 18.8 Å². The van der Waals surface area contributed by atoms with Gasteiger partial charge in [0.25, 0.3) is 0 Å². The van der Waals surface area contributed by atoms with E-state index >= 15 is 0 Å². The fourth-order valence-electron chi connectivity index (χ4n) is 1.10. The van der Waals surface area contributed by atoms with E-state index in [2.05, 4.69) is 29.4 Å². The van der Waals surface area contributed by atoms with Crippen LogP contribution < -0.4 is 5.32 Å². The van der Waals surface area contributed by atoms with Crippen LogP contribution in [0.3, 0.4) is 0 Å². The van der Waals surface area contributed by atoms with Crippen molar-refractivity contribution in [3.05, 3.63) is 24.5 Å². The molecule has 0 spiro atoms. The van der Waals surface area contributed by atoms with Crippen LogP contribution in [-0.2, 0) is 0 Å². The van der Waals surface area contributed by atoms with Gasteiger partial charge in [0, 0.05) is 29.6 Å². The molecule has 1 aromatic rings. The second-order valence-corrected chi connectivity index (χ2v) is 4.30. The van der Waals surface area contributed by atoms with Gasteiger partial charge in [-0.25, -0.2) is 0 Å². The zero-order valence-corrected chi connectivity index (χ0v) is 9.52. The molecule has 0 radical (unpaired) electrons. The number of rotatable bonds is 7. The van der Waals surface area contributed by atoms with Gasteiger partial charge in [0.2, 0.25) is 0 Å². The van der Waals surface area contributed by atoms with Crippen LogP contribution in [0.25, 0.3) is 0 Å². The lowest BCUT2D eigenvalue weighted by atomic mass is 10.3. The standard InChI is InChI=1S/C11H18N2S/c1-2-3-6-12-9-10-14-11-4-7-13-8-5-11/h4-5,7-8,12H,2-3,6,9-10H2,1H3. The second-order valence-electron chi connectivity index (χ2n) is 3.13. The van der Waals surface area contributed by atoms with E-state index in [1.165, 1.54) is 17.7 Å². The molecule has 0 aliphatic heterocycles. The topological polar surface area (TPSA) is 24.9 Å². The van der Waals surface area contributed by atoms with Crippen LogP contribution in [0.4, 0.5) is 0 Å². The molecule has 1 aromatic heterocycles. The Labute approximate surface area is 90.5 Å². The van der Waals surface area contributed by atoms with Crippen molar-refractivity contribution >= 4 is 11.8 Å². The van der Waals surface area contributed by atoms with E-state index in [4.69, 9.17) is 0 Å². The highest BCUT2D eigenvalue weighted by Gasteiger charge is 1.91. The average molecular weight is 210 g/mol. The first-order chi connectivity index (χ1) is 6.93. The Morgan fingerprint density at radius 1 is 1.29 bits per heavy atom. The highest BCUT2D eigenvalue weighted by molar-refractivity contribution is 7.99. The minimum Gasteiger partial charge on any atom is -0.316 e. The van der Waals surface area contributed by atoms with Crippen molar-refractivity contribution in [3.8, 4) is 0 Å². The van der Waals surface area contributed by atoms with Gasteiger partial charge in [0.05, 0.1) is 0 Å². The fourth-order valence-corrected chi connectivity index (χ4v) is 1.90. The number of aromatic nitrogens is 1. The first-order valence-corrected chi connectivity index (χ1v) is 6.15. The fraction of sp³-hybridized carbons (Fsp3) is 0.545. The van der Waals surface area contributed by atoms with Gasteiger partial charge in [-0.2, -0.15) is 0 Å². The minimum atomic E-state index is 1.09. The summed E-state index contributed by atoms with van der Waals surface area (Å²) in [7, 11) is 0. The van der Waals surface area contributed by atoms with Crippen LogP contribution in [0, 0.1) is 0 Å². The Hall–Kier alpha value is -0.540. The van der Waals surface area contributed by atoms with Crippen LogP contribution in [-0.4, -0.2) is 23.8 Å². The molecule has 0 fully saturated rings. The lowest BCUT2D eigenvalue weighted by Gasteiger charge is -2.03. The van der Waals surface area contributed by atoms with Gasteiger partial charge >= 0.3 is 0 Å². The molecule has 0 aliphatic rings. The Morgan fingerprint density at radius 2 is 2.07 bits per heavy atom. The number of hydrogen-bond donors (Lipinski definition) is 1. The van der Waals surface area contributed by atoms with Crippen molar-refractivity contribution in [2.24, 2.45) is 0 Å². The first kappa shape index (κ1) is 11.5. The van der Waals surface area contributed by atoms with Crippen LogP contribution in [0.1, 0.15) is 19.8 Å². The molecule has 1 heterocycles. The van der Waals surface area contributed by atoms with E-state index in [1.807, 2.05) is 24.2 Å². The van der Waals surface area contributed by atoms with Crippen molar-refractivity contribution in [1.29, 1.82) is 0 Å². The molecule has 0 saturated heterocycles. The molecule has 0 unspecified atom stereocenters. The normalized spacial score (nSPS) is 10.4. The Morgan fingerprint density at radius 3 is 2.79 bits per heavy atom. The molecule has 1 rings (SSSR count). The van der Waals surface area contributed by atoms with Gasteiger partial charge in [-0.05, 0) is 25.1 Å². The van der Waals surface area contributed by atoms with Crippen molar-refractivity contribution in [1.82, 2.24) is 10.3 Å². The number of thioether (sulfide) groups is 1. The van der Waals surface area contributed by atoms with E-state index < -0.39 is 0 Å². The third-order valence-electron chi connectivity index (χ3n) is 1.90. The van der Waals surface area contributed by atoms with Crippen molar-refractivity contribution in [2.45, 2.75) is 24.7 Å². The maximum absolute atomic E-state index is 3.99. The van der Waals surface area contributed by atoms with Gasteiger partial charge in [0.15, 0.2) is 0 Å². The van der Waals surface area contributed by atoms with Gasteiger partial charge in [-0.15, -0.1) is 11.8 Å². The molecule has 2 nitrogen and oxygen atoms in total. The summed E-state index contributed by atoms with van der Waals surface area (Å²) in [5.74, 6) is 1.13. The van der Waals surface area contributed by atoms with Gasteiger partial charge in [-0.3, -0.25) is 4.98 Å². The van der Waals surface area contributed by atoms with Crippen LogP contribution >= 0.6 is 11.8 Å². The van der Waals surface area contributed by atoms with Crippen molar-refractivity contribution < 1.29 is 0 Å². The summed E-state index contributed by atoms with van der Waals surface area (Å²) in [5, 5.41) is 3.42. The maximum atomic E-state index is 3.99. The highest BCUT2D eigenvalue weighted by Crippen LogP contribution is 2.14. The largest absolute Gasteiger partial charge is 0.316 e. The van der Waals surface area contributed by atoms with Crippen molar-refractivity contribution in [3.63, 3.8) is 0 Å². The zero-order valence-electron chi connectivity index (χ0n) is 8.70. The maximum Gasteiger partial charge on any atom is 0.0278 e. The Bertz CT molecular complexity index is 226. The van der Waals surface area contributed by atoms with Gasteiger partial charge in [0.1, 0.15) is 0 Å². The second kappa shape index (κ2) is 7.83. The monoisotopic (exact) mass is 210 g/mol. The first-order valence-electron chi connectivity index (χ1n) is 5.17. The lowest BCUT2D eigenvalue weighted by molar-refractivity contribution is 0.666. The molecule has 78 valence electrons. The molecular formula is C11H18N2S. The summed E-state index contributed by atoms with van der Waals surface area (Å²) in [6.07, 6.45) is 6.23. The Kier molecular flexibility index (Phi) is 6.45. The summed E-state index contributed by atoms with van der Waals surface area (Å²) in [4.78, 5) is 5.29. The molecule has 1 N–H and O–H groups in total. The molecule has 0 aromatic carbocycles. The quantitative estimate of drug-likeness (QED) is 0.553. The summed E-state index contributed by atoms with van der Waals surface area (Å²) in [6.45, 7) is 4.45. The Balaban J connectivity index is 1.99. The molecule has 0 aliphatic carbocycles. The smallest absolute Gasteiger partial charge is 0.0278 e. The number of unbranched alkanes of at least 4 members (excludes halogenated alkanes) is 1. The van der Waals surface area contributed by atoms with Crippen LogP contribution in [0.2, 0.25) is 0 Å². The molecule has 14 heavy (non-hydrogen) atoms. The number of nitrogens with one attached hydrogen (secondary N) is 1. The molecule has 0 bridgehead atoms. The lowest BCUT2D eigenvalue weighted by Crippen LogP contribution is -2.18. The molecular weight excluding hydrogens is 192 g/mol. The minimum absolute atomic E-state index is 1.09. The van der Waals surface area contributed by atoms with Crippen LogP contribution in [0.5, 0.6) is 0 Å². The van der Waals surface area contributed by atoms with E-state index in [1.54, 1.807) is 0 Å². The SMILES string of the molecule is CCCCNCCSc1ccncc1. The molecule has 3 heteroatoms. The number of nitrogens with zero attached hydrogens (tertiary/aromatic N) is 1. The van der Waals surface area contributed by atoms with Gasteiger partial charge in [-0.1, -0.05) is 13.3 Å². The van der Waals surface area contributed by atoms with E-state index in [9.17, 15) is 0 Å². The molecule has 0 amide bonds. The molecule has 0 saturated carbocycles. The predicted molar refractivity (Wildman–Crippen MR) is 62.7 cm³/mol. The number of hydrogen-bond acceptors (Lipinski definition) is 3. The third kappa shape index (κ3) is 5.25.